The van der Waals surface area contributed by atoms with E-state index >= 15 is 0 Å². The Morgan fingerprint density at radius 1 is 0.783 bits per heavy atom. The predicted molar refractivity (Wildman–Crippen MR) is 175 cm³/mol. The SMILES string of the molecule is O=C(Nc1ccccc1C(=O)O)c1ccc(Oc2ccc3cc(OC4CCC(NC(=O)c5occ(Cl)c5Cl)CC4)ccc3c2)cc1. The third-order valence-corrected chi connectivity index (χ3v) is 8.50. The zero-order valence-corrected chi connectivity index (χ0v) is 25.8. The molecule has 4 aromatic carbocycles. The van der Waals surface area contributed by atoms with Crippen LogP contribution in [0.1, 0.15) is 57.0 Å². The van der Waals surface area contributed by atoms with Crippen molar-refractivity contribution in [1.29, 1.82) is 0 Å². The minimum absolute atomic E-state index is 0.00279. The summed E-state index contributed by atoms with van der Waals surface area (Å²) in [6, 6.07) is 24.5. The predicted octanol–water partition coefficient (Wildman–Crippen LogP) is 8.60. The van der Waals surface area contributed by atoms with Gasteiger partial charge in [-0.25, -0.2) is 4.79 Å². The molecule has 0 spiro atoms. The van der Waals surface area contributed by atoms with E-state index in [-0.39, 0.29) is 45.1 Å². The van der Waals surface area contributed by atoms with Gasteiger partial charge in [0.05, 0.1) is 22.4 Å². The first-order valence-electron chi connectivity index (χ1n) is 14.6. The standard InChI is InChI=1S/C35H28Cl2N2O7/c36-29-19-44-32(31(29)37)34(41)38-23-9-15-25(16-10-23)46-27-14-8-21-17-26(13-7-22(21)18-27)45-24-11-5-20(6-12-24)33(40)39-30-4-2-1-3-28(30)35(42)43/h1-8,11-14,17-19,23,25H,9-10,15-16H2,(H,38,41)(H,39,40)(H,42,43). The summed E-state index contributed by atoms with van der Waals surface area (Å²) >= 11 is 11.9. The van der Waals surface area contributed by atoms with E-state index in [9.17, 15) is 19.5 Å². The summed E-state index contributed by atoms with van der Waals surface area (Å²) in [6.07, 6.45) is 4.39. The molecular weight excluding hydrogens is 631 g/mol. The van der Waals surface area contributed by atoms with Crippen molar-refractivity contribution in [3.8, 4) is 17.2 Å². The Labute approximate surface area is 274 Å². The molecule has 1 saturated carbocycles. The molecule has 11 heteroatoms. The number of hydrogen-bond acceptors (Lipinski definition) is 6. The number of benzene rings is 4. The highest BCUT2D eigenvalue weighted by Crippen LogP contribution is 2.31. The van der Waals surface area contributed by atoms with Crippen molar-refractivity contribution >= 4 is 57.4 Å². The quantitative estimate of drug-likeness (QED) is 0.145. The summed E-state index contributed by atoms with van der Waals surface area (Å²) < 4.78 is 17.5. The van der Waals surface area contributed by atoms with Crippen molar-refractivity contribution in [1.82, 2.24) is 5.32 Å². The van der Waals surface area contributed by atoms with Crippen LogP contribution in [0.4, 0.5) is 5.69 Å². The second-order valence-corrected chi connectivity index (χ2v) is 11.7. The molecule has 1 heterocycles. The Balaban J connectivity index is 1.02. The van der Waals surface area contributed by atoms with Crippen molar-refractivity contribution in [2.75, 3.05) is 5.32 Å². The van der Waals surface area contributed by atoms with E-state index in [2.05, 4.69) is 10.6 Å². The number of carbonyl (C=O) groups excluding carboxylic acids is 2. The van der Waals surface area contributed by atoms with Gasteiger partial charge in [-0.3, -0.25) is 9.59 Å². The molecule has 0 saturated heterocycles. The van der Waals surface area contributed by atoms with Gasteiger partial charge in [-0.05, 0) is 97.1 Å². The number of nitrogens with one attached hydrogen (secondary N) is 2. The van der Waals surface area contributed by atoms with Crippen LogP contribution < -0.4 is 20.1 Å². The maximum atomic E-state index is 12.7. The van der Waals surface area contributed by atoms with E-state index in [0.717, 1.165) is 42.2 Å². The van der Waals surface area contributed by atoms with Crippen molar-refractivity contribution in [2.45, 2.75) is 37.8 Å². The molecular formula is C35H28Cl2N2O7. The van der Waals surface area contributed by atoms with Crippen LogP contribution in [0.5, 0.6) is 17.2 Å². The van der Waals surface area contributed by atoms with Gasteiger partial charge in [0, 0.05) is 11.6 Å². The molecule has 9 nitrogen and oxygen atoms in total. The van der Waals surface area contributed by atoms with Crippen LogP contribution in [0.2, 0.25) is 10.0 Å². The summed E-state index contributed by atoms with van der Waals surface area (Å²) in [5, 5.41) is 17.2. The zero-order valence-electron chi connectivity index (χ0n) is 24.3. The first kappa shape index (κ1) is 31.0. The fraction of sp³-hybridized carbons (Fsp3) is 0.171. The average molecular weight is 660 g/mol. The van der Waals surface area contributed by atoms with Crippen LogP contribution in [-0.2, 0) is 0 Å². The average Bonchev–Trinajstić information content (AvgIpc) is 3.40. The summed E-state index contributed by atoms with van der Waals surface area (Å²) in [6.45, 7) is 0. The Morgan fingerprint density at radius 2 is 1.43 bits per heavy atom. The van der Waals surface area contributed by atoms with Crippen molar-refractivity contribution in [3.05, 3.63) is 118 Å². The van der Waals surface area contributed by atoms with E-state index in [4.69, 9.17) is 37.1 Å². The molecule has 2 amide bonds. The Hall–Kier alpha value is -4.99. The summed E-state index contributed by atoms with van der Waals surface area (Å²) in [7, 11) is 0. The zero-order chi connectivity index (χ0) is 32.2. The number of aromatic carboxylic acids is 1. The molecule has 234 valence electrons. The molecule has 5 aromatic rings. The first-order valence-corrected chi connectivity index (χ1v) is 15.3. The van der Waals surface area contributed by atoms with Crippen LogP contribution in [0.25, 0.3) is 10.8 Å². The van der Waals surface area contributed by atoms with Crippen molar-refractivity contribution < 1.29 is 33.4 Å². The molecule has 0 unspecified atom stereocenters. The van der Waals surface area contributed by atoms with E-state index < -0.39 is 11.9 Å². The number of hydrogen-bond donors (Lipinski definition) is 3. The molecule has 46 heavy (non-hydrogen) atoms. The van der Waals surface area contributed by atoms with Gasteiger partial charge < -0.3 is 29.6 Å². The number of carboxylic acids is 1. The van der Waals surface area contributed by atoms with Gasteiger partial charge in [0.25, 0.3) is 11.8 Å². The highest BCUT2D eigenvalue weighted by atomic mass is 35.5. The maximum Gasteiger partial charge on any atom is 0.337 e. The number of ether oxygens (including phenoxy) is 2. The largest absolute Gasteiger partial charge is 0.490 e. The van der Waals surface area contributed by atoms with E-state index in [1.54, 1.807) is 42.5 Å². The lowest BCUT2D eigenvalue weighted by Crippen LogP contribution is -2.39. The third kappa shape index (κ3) is 7.11. The molecule has 0 aliphatic heterocycles. The van der Waals surface area contributed by atoms with Gasteiger partial charge in [-0.15, -0.1) is 0 Å². The van der Waals surface area contributed by atoms with Crippen LogP contribution in [-0.4, -0.2) is 35.0 Å². The molecule has 6 rings (SSSR count). The molecule has 0 atom stereocenters. The Bertz CT molecular complexity index is 1910. The monoisotopic (exact) mass is 658 g/mol. The summed E-state index contributed by atoms with van der Waals surface area (Å²) in [5.41, 5.74) is 0.600. The van der Waals surface area contributed by atoms with Crippen LogP contribution in [0.3, 0.4) is 0 Å². The number of carboxylic acid groups (broad SMARTS) is 1. The molecule has 0 radical (unpaired) electrons. The Kier molecular flexibility index (Phi) is 9.14. The number of para-hydroxylation sites is 1. The minimum atomic E-state index is -1.12. The third-order valence-electron chi connectivity index (χ3n) is 7.75. The molecule has 1 aliphatic rings. The highest BCUT2D eigenvalue weighted by molar-refractivity contribution is 6.43. The lowest BCUT2D eigenvalue weighted by molar-refractivity contribution is 0.0697. The molecule has 0 bridgehead atoms. The lowest BCUT2D eigenvalue weighted by Gasteiger charge is -2.29. The van der Waals surface area contributed by atoms with E-state index in [1.165, 1.54) is 12.3 Å². The number of rotatable bonds is 9. The lowest BCUT2D eigenvalue weighted by atomic mass is 9.93. The summed E-state index contributed by atoms with van der Waals surface area (Å²) in [4.78, 5) is 36.6. The number of amides is 2. The second kappa shape index (κ2) is 13.6. The van der Waals surface area contributed by atoms with Crippen molar-refractivity contribution in [3.63, 3.8) is 0 Å². The van der Waals surface area contributed by atoms with Gasteiger partial charge in [-0.2, -0.15) is 0 Å². The molecule has 1 aromatic heterocycles. The highest BCUT2D eigenvalue weighted by Gasteiger charge is 2.26. The normalized spacial score (nSPS) is 16.0. The number of carbonyl (C=O) groups is 3. The summed E-state index contributed by atoms with van der Waals surface area (Å²) in [5.74, 6) is 0.0490. The Morgan fingerprint density at radius 3 is 2.11 bits per heavy atom. The topological polar surface area (TPSA) is 127 Å². The minimum Gasteiger partial charge on any atom is -0.490 e. The number of fused-ring (bicyclic) bond motifs is 1. The fourth-order valence-electron chi connectivity index (χ4n) is 5.37. The van der Waals surface area contributed by atoms with Gasteiger partial charge >= 0.3 is 5.97 Å². The van der Waals surface area contributed by atoms with E-state index in [0.29, 0.717) is 17.1 Å². The second-order valence-electron chi connectivity index (χ2n) is 10.9. The van der Waals surface area contributed by atoms with Gasteiger partial charge in [0.2, 0.25) is 5.76 Å². The van der Waals surface area contributed by atoms with Crippen LogP contribution >= 0.6 is 23.2 Å². The first-order chi connectivity index (χ1) is 22.2. The number of halogens is 2. The van der Waals surface area contributed by atoms with Gasteiger partial charge in [-0.1, -0.05) is 47.5 Å². The fourth-order valence-corrected chi connectivity index (χ4v) is 5.67. The molecule has 1 aliphatic carbocycles. The van der Waals surface area contributed by atoms with Crippen molar-refractivity contribution in [2.24, 2.45) is 0 Å². The van der Waals surface area contributed by atoms with E-state index in [1.807, 2.05) is 36.4 Å². The van der Waals surface area contributed by atoms with Crippen LogP contribution in [0, 0.1) is 0 Å². The maximum absolute atomic E-state index is 12.7. The molecule has 1 fully saturated rings. The van der Waals surface area contributed by atoms with Crippen LogP contribution in [0.15, 0.2) is 95.6 Å². The van der Waals surface area contributed by atoms with Gasteiger partial charge in [0.1, 0.15) is 28.5 Å². The van der Waals surface area contributed by atoms with Gasteiger partial charge in [0.15, 0.2) is 0 Å². The molecule has 3 N–H and O–H groups in total. The number of anilines is 1. The smallest absolute Gasteiger partial charge is 0.337 e. The number of furan rings is 1.